The number of anilines is 1. The van der Waals surface area contributed by atoms with Crippen molar-refractivity contribution in [2.24, 2.45) is 5.41 Å². The molecule has 0 spiro atoms. The van der Waals surface area contributed by atoms with Crippen LogP contribution in [-0.2, 0) is 4.74 Å². The lowest BCUT2D eigenvalue weighted by Crippen LogP contribution is -2.29. The fourth-order valence-corrected chi connectivity index (χ4v) is 2.40. The number of methoxy groups -OCH3 is 1. The van der Waals surface area contributed by atoms with Crippen LogP contribution in [0.3, 0.4) is 0 Å². The number of carboxylic acids is 1. The molecule has 0 bridgehead atoms. The molecule has 1 aliphatic heterocycles. The van der Waals surface area contributed by atoms with E-state index in [1.807, 2.05) is 6.07 Å². The van der Waals surface area contributed by atoms with Gasteiger partial charge < -0.3 is 14.7 Å². The molecule has 1 N–H and O–H groups in total. The number of aromatic carboxylic acids is 1. The van der Waals surface area contributed by atoms with Crippen LogP contribution in [-0.4, -0.2) is 42.9 Å². The van der Waals surface area contributed by atoms with Crippen molar-refractivity contribution in [3.63, 3.8) is 0 Å². The fraction of sp³-hybridized carbons (Fsp3) is 0.538. The zero-order chi connectivity index (χ0) is 13.2. The number of nitrogens with zero attached hydrogens (tertiary/aromatic N) is 2. The van der Waals surface area contributed by atoms with E-state index in [-0.39, 0.29) is 11.1 Å². The van der Waals surface area contributed by atoms with Gasteiger partial charge in [0.1, 0.15) is 5.82 Å². The van der Waals surface area contributed by atoms with E-state index in [9.17, 15) is 4.79 Å². The minimum atomic E-state index is -0.990. The summed E-state index contributed by atoms with van der Waals surface area (Å²) in [6, 6.07) is 5.10. The van der Waals surface area contributed by atoms with Crippen molar-refractivity contribution < 1.29 is 14.6 Å². The van der Waals surface area contributed by atoms with Crippen LogP contribution in [0.5, 0.6) is 0 Å². The Morgan fingerprint density at radius 3 is 3.06 bits per heavy atom. The van der Waals surface area contributed by atoms with E-state index in [1.165, 1.54) is 6.07 Å². The Bertz CT molecular complexity index is 450. The first-order valence-electron chi connectivity index (χ1n) is 5.98. The predicted octanol–water partition coefficient (Wildman–Crippen LogP) is 1.64. The van der Waals surface area contributed by atoms with E-state index >= 15 is 0 Å². The second-order valence-corrected chi connectivity index (χ2v) is 5.10. The van der Waals surface area contributed by atoms with Gasteiger partial charge in [-0.2, -0.15) is 0 Å². The van der Waals surface area contributed by atoms with Gasteiger partial charge in [0.25, 0.3) is 0 Å². The summed E-state index contributed by atoms with van der Waals surface area (Å²) in [6.45, 7) is 4.62. The highest BCUT2D eigenvalue weighted by molar-refractivity contribution is 5.85. The zero-order valence-corrected chi connectivity index (χ0v) is 10.7. The first kappa shape index (κ1) is 12.8. The summed E-state index contributed by atoms with van der Waals surface area (Å²) in [7, 11) is 1.71. The molecule has 0 saturated carbocycles. The van der Waals surface area contributed by atoms with Crippen LogP contribution < -0.4 is 4.90 Å². The van der Waals surface area contributed by atoms with Crippen LogP contribution >= 0.6 is 0 Å². The maximum absolute atomic E-state index is 10.9. The zero-order valence-electron chi connectivity index (χ0n) is 10.7. The first-order valence-corrected chi connectivity index (χ1v) is 5.98. The van der Waals surface area contributed by atoms with E-state index < -0.39 is 5.97 Å². The number of pyridine rings is 1. The average Bonchev–Trinajstić information content (AvgIpc) is 2.72. The van der Waals surface area contributed by atoms with Gasteiger partial charge in [0.15, 0.2) is 5.69 Å². The molecule has 1 aromatic heterocycles. The summed E-state index contributed by atoms with van der Waals surface area (Å²) >= 11 is 0. The molecule has 0 amide bonds. The van der Waals surface area contributed by atoms with Crippen LogP contribution in [0.2, 0.25) is 0 Å². The lowest BCUT2D eigenvalue weighted by atomic mass is 9.91. The summed E-state index contributed by atoms with van der Waals surface area (Å²) in [6.07, 6.45) is 1.03. The molecule has 1 saturated heterocycles. The smallest absolute Gasteiger partial charge is 0.354 e. The standard InChI is InChI=1S/C13H18N2O3/c1-13(9-18-2)6-7-15(8-13)11-5-3-4-10(14-11)12(16)17/h3-5H,6-9H2,1-2H3,(H,16,17). The van der Waals surface area contributed by atoms with E-state index in [0.29, 0.717) is 6.61 Å². The minimum Gasteiger partial charge on any atom is -0.477 e. The van der Waals surface area contributed by atoms with Crippen LogP contribution in [0, 0.1) is 5.41 Å². The van der Waals surface area contributed by atoms with Crippen LogP contribution in [0.15, 0.2) is 18.2 Å². The highest BCUT2D eigenvalue weighted by Crippen LogP contribution is 2.32. The maximum atomic E-state index is 10.9. The van der Waals surface area contributed by atoms with Crippen molar-refractivity contribution in [3.8, 4) is 0 Å². The topological polar surface area (TPSA) is 62.7 Å². The molecular formula is C13H18N2O3. The number of carboxylic acid groups (broad SMARTS) is 1. The third kappa shape index (κ3) is 2.61. The third-order valence-electron chi connectivity index (χ3n) is 3.33. The van der Waals surface area contributed by atoms with E-state index in [0.717, 1.165) is 25.3 Å². The number of hydrogen-bond acceptors (Lipinski definition) is 4. The lowest BCUT2D eigenvalue weighted by Gasteiger charge is -2.24. The molecule has 1 aliphatic rings. The van der Waals surface area contributed by atoms with Crippen molar-refractivity contribution in [2.45, 2.75) is 13.3 Å². The molecule has 2 heterocycles. The van der Waals surface area contributed by atoms with Crippen LogP contribution in [0.25, 0.3) is 0 Å². The van der Waals surface area contributed by atoms with Gasteiger partial charge in [-0.15, -0.1) is 0 Å². The van der Waals surface area contributed by atoms with Crippen LogP contribution in [0.4, 0.5) is 5.82 Å². The molecule has 5 nitrogen and oxygen atoms in total. The Labute approximate surface area is 106 Å². The molecule has 98 valence electrons. The average molecular weight is 250 g/mol. The second-order valence-electron chi connectivity index (χ2n) is 5.10. The molecule has 18 heavy (non-hydrogen) atoms. The summed E-state index contributed by atoms with van der Waals surface area (Å²) in [5.74, 6) is -0.259. The Kier molecular flexibility index (Phi) is 3.52. The molecule has 0 aliphatic carbocycles. The SMILES string of the molecule is COCC1(C)CCN(c2cccc(C(=O)O)n2)C1. The van der Waals surface area contributed by atoms with E-state index in [2.05, 4.69) is 16.8 Å². The van der Waals surface area contributed by atoms with Gasteiger partial charge in [0, 0.05) is 25.6 Å². The highest BCUT2D eigenvalue weighted by atomic mass is 16.5. The first-order chi connectivity index (χ1) is 8.54. The highest BCUT2D eigenvalue weighted by Gasteiger charge is 2.34. The number of rotatable bonds is 4. The van der Waals surface area contributed by atoms with Gasteiger partial charge >= 0.3 is 5.97 Å². The number of ether oxygens (including phenoxy) is 1. The van der Waals surface area contributed by atoms with Gasteiger partial charge in [0.2, 0.25) is 0 Å². The summed E-state index contributed by atoms with van der Waals surface area (Å²) in [4.78, 5) is 17.2. The summed E-state index contributed by atoms with van der Waals surface area (Å²) < 4.78 is 5.23. The molecule has 2 rings (SSSR count). The van der Waals surface area contributed by atoms with Gasteiger partial charge in [-0.3, -0.25) is 0 Å². The monoisotopic (exact) mass is 250 g/mol. The lowest BCUT2D eigenvalue weighted by molar-refractivity contribution is 0.0690. The molecule has 0 radical (unpaired) electrons. The number of hydrogen-bond donors (Lipinski definition) is 1. The summed E-state index contributed by atoms with van der Waals surface area (Å²) in [5, 5.41) is 8.94. The van der Waals surface area contributed by atoms with E-state index in [1.54, 1.807) is 13.2 Å². The van der Waals surface area contributed by atoms with Crippen molar-refractivity contribution in [1.29, 1.82) is 0 Å². The molecule has 5 heteroatoms. The molecule has 1 unspecified atom stereocenters. The minimum absolute atomic E-state index is 0.0906. The number of aromatic nitrogens is 1. The van der Waals surface area contributed by atoms with Gasteiger partial charge in [-0.25, -0.2) is 9.78 Å². The second kappa shape index (κ2) is 4.94. The molecule has 1 fully saturated rings. The Morgan fingerprint density at radius 1 is 1.61 bits per heavy atom. The third-order valence-corrected chi connectivity index (χ3v) is 3.33. The summed E-state index contributed by atoms with van der Waals surface area (Å²) in [5.41, 5.74) is 0.211. The quantitative estimate of drug-likeness (QED) is 0.880. The van der Waals surface area contributed by atoms with Gasteiger partial charge in [0.05, 0.1) is 6.61 Å². The van der Waals surface area contributed by atoms with Crippen molar-refractivity contribution in [2.75, 3.05) is 31.7 Å². The predicted molar refractivity (Wildman–Crippen MR) is 68.0 cm³/mol. The van der Waals surface area contributed by atoms with Crippen molar-refractivity contribution in [3.05, 3.63) is 23.9 Å². The Balaban J connectivity index is 2.14. The Hall–Kier alpha value is -1.62. The largest absolute Gasteiger partial charge is 0.477 e. The molecule has 0 aromatic carbocycles. The van der Waals surface area contributed by atoms with Gasteiger partial charge in [-0.05, 0) is 18.6 Å². The van der Waals surface area contributed by atoms with Crippen molar-refractivity contribution in [1.82, 2.24) is 4.98 Å². The van der Waals surface area contributed by atoms with Crippen molar-refractivity contribution >= 4 is 11.8 Å². The van der Waals surface area contributed by atoms with Gasteiger partial charge in [-0.1, -0.05) is 13.0 Å². The fourth-order valence-electron chi connectivity index (χ4n) is 2.40. The Morgan fingerprint density at radius 2 is 2.39 bits per heavy atom. The number of carbonyl (C=O) groups is 1. The van der Waals surface area contributed by atoms with Crippen LogP contribution in [0.1, 0.15) is 23.8 Å². The maximum Gasteiger partial charge on any atom is 0.354 e. The molecule has 1 aromatic rings. The normalized spacial score (nSPS) is 23.3. The van der Waals surface area contributed by atoms with E-state index in [4.69, 9.17) is 9.84 Å². The molecule has 1 atom stereocenters. The molecular weight excluding hydrogens is 232 g/mol.